The number of aliphatic hydroxyl groups is 1. The van der Waals surface area contributed by atoms with Crippen molar-refractivity contribution in [3.63, 3.8) is 0 Å². The molecule has 0 aromatic rings. The Morgan fingerprint density at radius 3 is 2.68 bits per heavy atom. The van der Waals surface area contributed by atoms with Crippen LogP contribution in [-0.2, 0) is 4.74 Å². The molecule has 0 spiro atoms. The summed E-state index contributed by atoms with van der Waals surface area (Å²) in [7, 11) is 0. The zero-order valence-corrected chi connectivity index (χ0v) is 12.2. The van der Waals surface area contributed by atoms with Crippen molar-refractivity contribution in [3.05, 3.63) is 0 Å². The summed E-state index contributed by atoms with van der Waals surface area (Å²) in [6.07, 6.45) is 10.9. The van der Waals surface area contributed by atoms with Crippen LogP contribution in [0.15, 0.2) is 0 Å². The van der Waals surface area contributed by atoms with E-state index in [1.807, 2.05) is 0 Å². The van der Waals surface area contributed by atoms with E-state index in [0.29, 0.717) is 6.10 Å². The van der Waals surface area contributed by atoms with Gasteiger partial charge in [0.25, 0.3) is 0 Å². The molecule has 4 fully saturated rings. The van der Waals surface area contributed by atoms with Crippen LogP contribution in [-0.4, -0.2) is 23.9 Å². The van der Waals surface area contributed by atoms with Gasteiger partial charge < -0.3 is 9.84 Å². The minimum atomic E-state index is -0.0532. The first-order valence-corrected chi connectivity index (χ1v) is 8.50. The molecule has 0 aromatic heterocycles. The Hall–Kier alpha value is -0.0800. The Morgan fingerprint density at radius 2 is 1.79 bits per heavy atom. The number of rotatable bonds is 0. The van der Waals surface area contributed by atoms with Crippen LogP contribution in [0.5, 0.6) is 0 Å². The van der Waals surface area contributed by atoms with Gasteiger partial charge in [-0.3, -0.25) is 0 Å². The summed E-state index contributed by atoms with van der Waals surface area (Å²) in [5.74, 6) is 3.22. The second-order valence-electron chi connectivity index (χ2n) is 7.89. The molecule has 4 aliphatic rings. The maximum Gasteiger partial charge on any atom is 0.0606 e. The number of fused-ring (bicyclic) bond motifs is 5. The second-order valence-corrected chi connectivity index (χ2v) is 7.89. The molecule has 1 aliphatic heterocycles. The maximum atomic E-state index is 10.4. The highest BCUT2D eigenvalue weighted by atomic mass is 16.5. The van der Waals surface area contributed by atoms with Crippen molar-refractivity contribution in [1.82, 2.24) is 0 Å². The van der Waals surface area contributed by atoms with Gasteiger partial charge in [-0.1, -0.05) is 19.8 Å². The summed E-state index contributed by atoms with van der Waals surface area (Å²) >= 11 is 0. The summed E-state index contributed by atoms with van der Waals surface area (Å²) in [4.78, 5) is 0. The molecule has 1 heterocycles. The van der Waals surface area contributed by atoms with E-state index in [9.17, 15) is 5.11 Å². The molecule has 1 saturated heterocycles. The fourth-order valence-corrected chi connectivity index (χ4v) is 6.12. The molecule has 2 nitrogen and oxygen atoms in total. The van der Waals surface area contributed by atoms with Gasteiger partial charge in [0.2, 0.25) is 0 Å². The van der Waals surface area contributed by atoms with Crippen molar-refractivity contribution in [2.24, 2.45) is 29.1 Å². The van der Waals surface area contributed by atoms with Crippen molar-refractivity contribution >= 4 is 0 Å². The second kappa shape index (κ2) is 4.46. The molecule has 0 amide bonds. The Balaban J connectivity index is 1.59. The number of aliphatic hydroxyl groups excluding tert-OH is 1. The zero-order valence-electron chi connectivity index (χ0n) is 12.2. The summed E-state index contributed by atoms with van der Waals surface area (Å²) in [5.41, 5.74) is 0.200. The van der Waals surface area contributed by atoms with Crippen molar-refractivity contribution in [1.29, 1.82) is 0 Å². The van der Waals surface area contributed by atoms with Crippen molar-refractivity contribution < 1.29 is 9.84 Å². The normalized spacial score (nSPS) is 57.2. The lowest BCUT2D eigenvalue weighted by Crippen LogP contribution is -2.52. The fraction of sp³-hybridized carbons (Fsp3) is 1.00. The van der Waals surface area contributed by atoms with E-state index in [1.54, 1.807) is 0 Å². The Labute approximate surface area is 116 Å². The van der Waals surface area contributed by atoms with Crippen molar-refractivity contribution in [3.8, 4) is 0 Å². The van der Waals surface area contributed by atoms with Crippen LogP contribution in [0.1, 0.15) is 58.3 Å². The summed E-state index contributed by atoms with van der Waals surface area (Å²) in [5, 5.41) is 10.4. The van der Waals surface area contributed by atoms with Gasteiger partial charge in [0.1, 0.15) is 0 Å². The largest absolute Gasteiger partial charge is 0.393 e. The van der Waals surface area contributed by atoms with E-state index in [1.165, 1.54) is 44.9 Å². The molecule has 7 atom stereocenters. The van der Waals surface area contributed by atoms with Crippen LogP contribution in [0.4, 0.5) is 0 Å². The monoisotopic (exact) mass is 264 g/mol. The smallest absolute Gasteiger partial charge is 0.0606 e. The minimum absolute atomic E-state index is 0.0532. The zero-order chi connectivity index (χ0) is 13.0. The van der Waals surface area contributed by atoms with Crippen LogP contribution < -0.4 is 0 Å². The summed E-state index contributed by atoms with van der Waals surface area (Å²) in [6.45, 7) is 3.33. The van der Waals surface area contributed by atoms with Gasteiger partial charge >= 0.3 is 0 Å². The van der Waals surface area contributed by atoms with E-state index >= 15 is 0 Å². The van der Waals surface area contributed by atoms with Crippen molar-refractivity contribution in [2.45, 2.75) is 70.5 Å². The number of hydrogen-bond donors (Lipinski definition) is 1. The Kier molecular flexibility index (Phi) is 2.97. The van der Waals surface area contributed by atoms with Crippen LogP contribution in [0.25, 0.3) is 0 Å². The van der Waals surface area contributed by atoms with Gasteiger partial charge in [0, 0.05) is 0 Å². The molecule has 2 heteroatoms. The molecule has 108 valence electrons. The van der Waals surface area contributed by atoms with Crippen LogP contribution in [0.2, 0.25) is 0 Å². The van der Waals surface area contributed by atoms with E-state index < -0.39 is 0 Å². The molecule has 1 N–H and O–H groups in total. The predicted octanol–water partition coefficient (Wildman–Crippen LogP) is 3.38. The molecular weight excluding hydrogens is 236 g/mol. The number of ether oxygens (including phenoxy) is 1. The average Bonchev–Trinajstić information content (AvgIpc) is 2.75. The van der Waals surface area contributed by atoms with Gasteiger partial charge in [0.05, 0.1) is 18.8 Å². The van der Waals surface area contributed by atoms with E-state index in [2.05, 4.69) is 6.92 Å². The lowest BCUT2D eigenvalue weighted by Gasteiger charge is -2.54. The van der Waals surface area contributed by atoms with E-state index in [0.717, 1.165) is 36.7 Å². The highest BCUT2D eigenvalue weighted by Crippen LogP contribution is 2.59. The van der Waals surface area contributed by atoms with Crippen LogP contribution in [0.3, 0.4) is 0 Å². The third-order valence-corrected chi connectivity index (χ3v) is 7.25. The van der Waals surface area contributed by atoms with Gasteiger partial charge in [-0.05, 0) is 67.6 Å². The molecule has 0 radical (unpaired) electrons. The molecule has 3 aliphatic carbocycles. The lowest BCUT2D eigenvalue weighted by molar-refractivity contribution is -0.161. The predicted molar refractivity (Wildman–Crippen MR) is 74.7 cm³/mol. The van der Waals surface area contributed by atoms with Crippen LogP contribution in [0, 0.1) is 29.1 Å². The fourth-order valence-electron chi connectivity index (χ4n) is 6.12. The summed E-state index contributed by atoms with van der Waals surface area (Å²) in [6, 6.07) is 0. The van der Waals surface area contributed by atoms with E-state index in [4.69, 9.17) is 4.74 Å². The topological polar surface area (TPSA) is 29.5 Å². The quantitative estimate of drug-likeness (QED) is 0.727. The first-order chi connectivity index (χ1) is 9.20. The van der Waals surface area contributed by atoms with Crippen molar-refractivity contribution in [2.75, 3.05) is 6.61 Å². The SMILES string of the molecule is CC12CCC3C4CCCCC4OCC3C1CCC2O. The molecule has 0 aromatic carbocycles. The first kappa shape index (κ1) is 12.6. The number of hydrogen-bond acceptors (Lipinski definition) is 2. The lowest BCUT2D eigenvalue weighted by atomic mass is 9.55. The highest BCUT2D eigenvalue weighted by Gasteiger charge is 2.56. The molecule has 7 unspecified atom stereocenters. The molecule has 0 bridgehead atoms. The van der Waals surface area contributed by atoms with Gasteiger partial charge in [-0.25, -0.2) is 0 Å². The van der Waals surface area contributed by atoms with Gasteiger partial charge in [-0.15, -0.1) is 0 Å². The summed E-state index contributed by atoms with van der Waals surface area (Å²) < 4.78 is 6.26. The first-order valence-electron chi connectivity index (χ1n) is 8.50. The maximum absolute atomic E-state index is 10.4. The Morgan fingerprint density at radius 1 is 0.947 bits per heavy atom. The third-order valence-electron chi connectivity index (χ3n) is 7.25. The third kappa shape index (κ3) is 1.75. The van der Waals surface area contributed by atoms with Gasteiger partial charge in [0.15, 0.2) is 0 Å². The Bertz CT molecular complexity index is 355. The highest BCUT2D eigenvalue weighted by molar-refractivity contribution is 5.05. The average molecular weight is 264 g/mol. The molecule has 4 rings (SSSR count). The van der Waals surface area contributed by atoms with Crippen LogP contribution >= 0.6 is 0 Å². The molecule has 3 saturated carbocycles. The molecular formula is C17H28O2. The van der Waals surface area contributed by atoms with Gasteiger partial charge in [-0.2, -0.15) is 0 Å². The molecule has 19 heavy (non-hydrogen) atoms. The standard InChI is InChI=1S/C17H28O2/c1-17-9-8-11-12-4-2-3-5-15(12)19-10-13(11)14(17)6-7-16(17)18/h11-16,18H,2-10H2,1H3. The van der Waals surface area contributed by atoms with E-state index in [-0.39, 0.29) is 11.5 Å². The minimum Gasteiger partial charge on any atom is -0.393 e.